The molecule has 2 aromatic rings. The maximum atomic E-state index is 12.3. The lowest BCUT2D eigenvalue weighted by Gasteiger charge is -2.23. The van der Waals surface area contributed by atoms with E-state index in [1.165, 1.54) is 0 Å². The topological polar surface area (TPSA) is 66.1 Å². The van der Waals surface area contributed by atoms with Gasteiger partial charge in [0.25, 0.3) is 5.56 Å². The summed E-state index contributed by atoms with van der Waals surface area (Å²) >= 11 is 0. The van der Waals surface area contributed by atoms with Crippen molar-refractivity contribution < 1.29 is 4.79 Å². The smallest absolute Gasteiger partial charge is 0.258 e. The molecule has 112 valence electrons. The summed E-state index contributed by atoms with van der Waals surface area (Å²) < 4.78 is 0. The Labute approximate surface area is 124 Å². The van der Waals surface area contributed by atoms with Gasteiger partial charge in [0.15, 0.2) is 0 Å². The second-order valence-electron chi connectivity index (χ2n) is 5.19. The molecule has 0 aliphatic carbocycles. The largest absolute Gasteiger partial charge is 0.335 e. The Balaban J connectivity index is 2.30. The molecule has 21 heavy (non-hydrogen) atoms. The fourth-order valence-electron chi connectivity index (χ4n) is 2.22. The summed E-state index contributed by atoms with van der Waals surface area (Å²) in [4.78, 5) is 33.2. The minimum atomic E-state index is -0.164. The van der Waals surface area contributed by atoms with E-state index < -0.39 is 0 Å². The van der Waals surface area contributed by atoms with Crippen LogP contribution in [0.3, 0.4) is 0 Å². The second-order valence-corrected chi connectivity index (χ2v) is 5.19. The van der Waals surface area contributed by atoms with Crippen LogP contribution in [0.25, 0.3) is 10.9 Å². The van der Waals surface area contributed by atoms with Crippen LogP contribution in [0.2, 0.25) is 0 Å². The Bertz CT molecular complexity index is 693. The number of rotatable bonds is 5. The molecule has 0 saturated heterocycles. The number of hydrogen-bond donors (Lipinski definition) is 1. The number of fused-ring (bicyclic) bond motifs is 1. The van der Waals surface area contributed by atoms with E-state index in [9.17, 15) is 9.59 Å². The molecular formula is C16H21N3O2. The number of H-pyrrole nitrogens is 1. The maximum absolute atomic E-state index is 12.3. The number of nitrogens with zero attached hydrogens (tertiary/aromatic N) is 2. The first-order chi connectivity index (χ1) is 10.1. The van der Waals surface area contributed by atoms with Crippen LogP contribution in [-0.2, 0) is 11.3 Å². The van der Waals surface area contributed by atoms with Crippen molar-refractivity contribution >= 4 is 16.8 Å². The van der Waals surface area contributed by atoms with Crippen molar-refractivity contribution in [1.82, 2.24) is 14.9 Å². The van der Waals surface area contributed by atoms with Crippen LogP contribution in [0.1, 0.15) is 33.0 Å². The van der Waals surface area contributed by atoms with Gasteiger partial charge < -0.3 is 9.88 Å². The lowest BCUT2D eigenvalue weighted by Crippen LogP contribution is -2.35. The molecule has 1 amide bonds. The molecule has 1 aromatic carbocycles. The zero-order valence-electron chi connectivity index (χ0n) is 12.7. The van der Waals surface area contributed by atoms with Crippen LogP contribution >= 0.6 is 0 Å². The first-order valence-corrected chi connectivity index (χ1v) is 7.33. The number of amides is 1. The van der Waals surface area contributed by atoms with E-state index in [2.05, 4.69) is 9.97 Å². The average molecular weight is 287 g/mol. The molecule has 0 fully saturated rings. The van der Waals surface area contributed by atoms with E-state index in [0.717, 1.165) is 6.42 Å². The Hall–Kier alpha value is -2.17. The maximum Gasteiger partial charge on any atom is 0.258 e. The van der Waals surface area contributed by atoms with E-state index in [4.69, 9.17) is 0 Å². The molecule has 1 atom stereocenters. The molecule has 1 aromatic heterocycles. The van der Waals surface area contributed by atoms with Crippen LogP contribution < -0.4 is 5.56 Å². The van der Waals surface area contributed by atoms with Crippen LogP contribution in [0.5, 0.6) is 0 Å². The van der Waals surface area contributed by atoms with Gasteiger partial charge in [-0.15, -0.1) is 0 Å². The third-order valence-corrected chi connectivity index (χ3v) is 3.73. The van der Waals surface area contributed by atoms with Gasteiger partial charge in [0.1, 0.15) is 5.82 Å². The van der Waals surface area contributed by atoms with Gasteiger partial charge in [-0.25, -0.2) is 4.98 Å². The van der Waals surface area contributed by atoms with Crippen molar-refractivity contribution in [2.75, 3.05) is 6.54 Å². The van der Waals surface area contributed by atoms with Gasteiger partial charge in [-0.3, -0.25) is 9.59 Å². The summed E-state index contributed by atoms with van der Waals surface area (Å²) in [5.74, 6) is 0.602. The molecule has 2 rings (SSSR count). The number of hydrogen-bond acceptors (Lipinski definition) is 3. The zero-order valence-corrected chi connectivity index (χ0v) is 12.7. The first kappa shape index (κ1) is 15.2. The molecule has 0 spiro atoms. The summed E-state index contributed by atoms with van der Waals surface area (Å²) in [7, 11) is 0. The molecule has 1 unspecified atom stereocenters. The first-order valence-electron chi connectivity index (χ1n) is 7.33. The molecule has 1 N–H and O–H groups in total. The van der Waals surface area contributed by atoms with Crippen molar-refractivity contribution in [3.8, 4) is 0 Å². The summed E-state index contributed by atoms with van der Waals surface area (Å²) in [5.41, 5.74) is 0.492. The molecule has 5 nitrogen and oxygen atoms in total. The SMILES string of the molecule is CCC(C)C(=O)N(CC)Cc1nc2ccccc2c(=O)[nH]1. The molecule has 0 saturated carbocycles. The number of aromatic nitrogens is 2. The van der Waals surface area contributed by atoms with Gasteiger partial charge in [0.2, 0.25) is 5.91 Å². The highest BCUT2D eigenvalue weighted by molar-refractivity contribution is 5.79. The number of carbonyl (C=O) groups excluding carboxylic acids is 1. The van der Waals surface area contributed by atoms with Crippen LogP contribution in [0.15, 0.2) is 29.1 Å². The Kier molecular flexibility index (Phi) is 4.73. The third-order valence-electron chi connectivity index (χ3n) is 3.73. The van der Waals surface area contributed by atoms with E-state index in [1.54, 1.807) is 17.0 Å². The van der Waals surface area contributed by atoms with Crippen molar-refractivity contribution in [3.63, 3.8) is 0 Å². The average Bonchev–Trinajstić information content (AvgIpc) is 2.51. The molecule has 1 heterocycles. The van der Waals surface area contributed by atoms with Crippen molar-refractivity contribution in [1.29, 1.82) is 0 Å². The summed E-state index contributed by atoms with van der Waals surface area (Å²) in [5, 5.41) is 0.567. The lowest BCUT2D eigenvalue weighted by atomic mass is 10.1. The summed E-state index contributed by atoms with van der Waals surface area (Å²) in [6.07, 6.45) is 0.803. The molecule has 0 radical (unpaired) electrons. The molecule has 0 aliphatic heterocycles. The highest BCUT2D eigenvalue weighted by atomic mass is 16.2. The highest BCUT2D eigenvalue weighted by Gasteiger charge is 2.19. The quantitative estimate of drug-likeness (QED) is 0.917. The monoisotopic (exact) mass is 287 g/mol. The van der Waals surface area contributed by atoms with E-state index in [0.29, 0.717) is 29.8 Å². The Morgan fingerprint density at radius 2 is 2.05 bits per heavy atom. The normalized spacial score (nSPS) is 12.3. The lowest BCUT2D eigenvalue weighted by molar-refractivity contribution is -0.135. The van der Waals surface area contributed by atoms with E-state index >= 15 is 0 Å². The fraction of sp³-hybridized carbons (Fsp3) is 0.438. The predicted octanol–water partition coefficient (Wildman–Crippen LogP) is 2.32. The second kappa shape index (κ2) is 6.52. The minimum absolute atomic E-state index is 0.0165. The van der Waals surface area contributed by atoms with E-state index in [1.807, 2.05) is 32.9 Å². The standard InChI is InChI=1S/C16H21N3O2/c1-4-11(3)16(21)19(5-2)10-14-17-13-9-7-6-8-12(13)15(20)18-14/h6-9,11H,4-5,10H2,1-3H3,(H,17,18,20). The minimum Gasteiger partial charge on any atom is -0.335 e. The molecule has 0 aliphatic rings. The van der Waals surface area contributed by atoms with Crippen molar-refractivity contribution in [3.05, 3.63) is 40.4 Å². The van der Waals surface area contributed by atoms with Crippen molar-refractivity contribution in [2.45, 2.75) is 33.7 Å². The summed E-state index contributed by atoms with van der Waals surface area (Å²) in [6, 6.07) is 7.21. The van der Waals surface area contributed by atoms with Gasteiger partial charge in [-0.05, 0) is 25.5 Å². The fourth-order valence-corrected chi connectivity index (χ4v) is 2.22. The Morgan fingerprint density at radius 3 is 2.71 bits per heavy atom. The zero-order chi connectivity index (χ0) is 15.4. The number of nitrogens with one attached hydrogen (secondary N) is 1. The van der Waals surface area contributed by atoms with Crippen LogP contribution in [0, 0.1) is 5.92 Å². The van der Waals surface area contributed by atoms with Crippen LogP contribution in [-0.4, -0.2) is 27.3 Å². The highest BCUT2D eigenvalue weighted by Crippen LogP contribution is 2.11. The van der Waals surface area contributed by atoms with Crippen molar-refractivity contribution in [2.24, 2.45) is 5.92 Å². The summed E-state index contributed by atoms with van der Waals surface area (Å²) in [6.45, 7) is 6.77. The molecule has 0 bridgehead atoms. The van der Waals surface area contributed by atoms with Gasteiger partial charge >= 0.3 is 0 Å². The number of aromatic amines is 1. The third kappa shape index (κ3) is 3.29. The van der Waals surface area contributed by atoms with E-state index in [-0.39, 0.29) is 17.4 Å². The van der Waals surface area contributed by atoms with Gasteiger partial charge in [-0.2, -0.15) is 0 Å². The van der Waals surface area contributed by atoms with Gasteiger partial charge in [0, 0.05) is 12.5 Å². The molecular weight excluding hydrogens is 266 g/mol. The predicted molar refractivity (Wildman–Crippen MR) is 82.9 cm³/mol. The van der Waals surface area contributed by atoms with Gasteiger partial charge in [0.05, 0.1) is 17.4 Å². The Morgan fingerprint density at radius 1 is 1.33 bits per heavy atom. The molecule has 5 heteroatoms. The van der Waals surface area contributed by atoms with Gasteiger partial charge in [-0.1, -0.05) is 26.0 Å². The van der Waals surface area contributed by atoms with Crippen LogP contribution in [0.4, 0.5) is 0 Å². The number of para-hydroxylation sites is 1. The number of benzene rings is 1. The number of carbonyl (C=O) groups is 1.